The van der Waals surface area contributed by atoms with Crippen LogP contribution in [0.15, 0.2) is 41.8 Å². The summed E-state index contributed by atoms with van der Waals surface area (Å²) in [6.45, 7) is 5.89. The fourth-order valence-electron chi connectivity index (χ4n) is 3.55. The van der Waals surface area contributed by atoms with E-state index in [1.807, 2.05) is 36.2 Å². The number of amides is 1. The van der Waals surface area contributed by atoms with Gasteiger partial charge in [-0.2, -0.15) is 4.31 Å². The van der Waals surface area contributed by atoms with Gasteiger partial charge in [-0.25, -0.2) is 18.4 Å². The first-order valence-electron chi connectivity index (χ1n) is 10.5. The van der Waals surface area contributed by atoms with E-state index in [9.17, 15) is 13.2 Å². The van der Waals surface area contributed by atoms with E-state index >= 15 is 0 Å². The maximum atomic E-state index is 12.8. The second-order valence-corrected chi connectivity index (χ2v) is 9.27. The van der Waals surface area contributed by atoms with E-state index in [1.54, 1.807) is 30.7 Å². The molecule has 0 aliphatic carbocycles. The third-order valence-corrected chi connectivity index (χ3v) is 7.38. The number of hydrogen-bond donors (Lipinski definition) is 1. The Morgan fingerprint density at radius 1 is 1.23 bits per heavy atom. The molecule has 31 heavy (non-hydrogen) atoms. The molecule has 0 aliphatic heterocycles. The Bertz CT molecular complexity index is 1120. The van der Waals surface area contributed by atoms with Crippen LogP contribution in [-0.4, -0.2) is 57.4 Å². The van der Waals surface area contributed by atoms with E-state index in [2.05, 4.69) is 15.3 Å². The van der Waals surface area contributed by atoms with Crippen LogP contribution in [-0.2, 0) is 34.8 Å². The number of hydrogen-bond acceptors (Lipinski definition) is 5. The topological polar surface area (TPSA) is 102 Å². The second kappa shape index (κ2) is 10.1. The predicted molar refractivity (Wildman–Crippen MR) is 119 cm³/mol. The van der Waals surface area contributed by atoms with E-state index in [-0.39, 0.29) is 10.8 Å². The Hall–Kier alpha value is -2.72. The van der Waals surface area contributed by atoms with Crippen LogP contribution < -0.4 is 5.32 Å². The van der Waals surface area contributed by atoms with Crippen molar-refractivity contribution in [1.82, 2.24) is 28.7 Å². The van der Waals surface area contributed by atoms with Crippen molar-refractivity contribution in [3.8, 4) is 0 Å². The molecule has 0 radical (unpaired) electrons. The van der Waals surface area contributed by atoms with Gasteiger partial charge >= 0.3 is 0 Å². The van der Waals surface area contributed by atoms with Crippen LogP contribution in [0.2, 0.25) is 0 Å². The number of aryl methyl sites for hydroxylation is 3. The summed E-state index contributed by atoms with van der Waals surface area (Å²) in [4.78, 5) is 21.0. The highest BCUT2D eigenvalue weighted by molar-refractivity contribution is 7.89. The summed E-state index contributed by atoms with van der Waals surface area (Å²) in [5.74, 6) is 0.725. The molecule has 0 aliphatic rings. The molecule has 9 nitrogen and oxygen atoms in total. The Morgan fingerprint density at radius 2 is 2.00 bits per heavy atom. The Labute approximate surface area is 183 Å². The van der Waals surface area contributed by atoms with Crippen molar-refractivity contribution in [2.75, 3.05) is 19.6 Å². The number of carbonyl (C=O) groups is 1. The summed E-state index contributed by atoms with van der Waals surface area (Å²) in [5.41, 5.74) is 1.46. The van der Waals surface area contributed by atoms with Crippen LogP contribution >= 0.6 is 0 Å². The summed E-state index contributed by atoms with van der Waals surface area (Å²) in [5, 5.41) is 2.93. The average molecular weight is 447 g/mol. The van der Waals surface area contributed by atoms with Gasteiger partial charge in [-0.15, -0.1) is 0 Å². The first-order chi connectivity index (χ1) is 14.9. The minimum absolute atomic E-state index is 0.0255. The predicted octanol–water partition coefficient (Wildman–Crippen LogP) is 1.94. The quantitative estimate of drug-likeness (QED) is 0.454. The molecule has 0 unspecified atom stereocenters. The first-order valence-corrected chi connectivity index (χ1v) is 12.0. The molecule has 3 aromatic rings. The molecule has 1 amide bonds. The average Bonchev–Trinajstić information content (AvgIpc) is 3.38. The highest BCUT2D eigenvalue weighted by atomic mass is 32.2. The van der Waals surface area contributed by atoms with Crippen LogP contribution in [0, 0.1) is 0 Å². The number of rotatable bonds is 11. The van der Waals surface area contributed by atoms with Gasteiger partial charge < -0.3 is 14.5 Å². The van der Waals surface area contributed by atoms with Crippen LogP contribution in [0.3, 0.4) is 0 Å². The lowest BCUT2D eigenvalue weighted by Gasteiger charge is -2.18. The molecule has 168 valence electrons. The van der Waals surface area contributed by atoms with Crippen molar-refractivity contribution < 1.29 is 13.2 Å². The third-order valence-electron chi connectivity index (χ3n) is 5.34. The van der Waals surface area contributed by atoms with E-state index in [0.29, 0.717) is 38.0 Å². The number of benzene rings is 1. The van der Waals surface area contributed by atoms with Crippen molar-refractivity contribution in [3.63, 3.8) is 0 Å². The van der Waals surface area contributed by atoms with Crippen molar-refractivity contribution in [2.45, 2.75) is 44.6 Å². The molecule has 1 N–H and O–H groups in total. The Kier molecular flexibility index (Phi) is 7.45. The van der Waals surface area contributed by atoms with Gasteiger partial charge in [0.05, 0.1) is 22.3 Å². The number of aromatic nitrogens is 4. The first kappa shape index (κ1) is 23.0. The van der Waals surface area contributed by atoms with Crippen molar-refractivity contribution in [1.29, 1.82) is 0 Å². The summed E-state index contributed by atoms with van der Waals surface area (Å²) in [7, 11) is -1.66. The Balaban J connectivity index is 1.61. The normalized spacial score (nSPS) is 12.0. The van der Waals surface area contributed by atoms with Gasteiger partial charge in [-0.3, -0.25) is 4.79 Å². The lowest BCUT2D eigenvalue weighted by atomic mass is 10.2. The monoisotopic (exact) mass is 446 g/mol. The number of sulfonamides is 1. The standard InChI is InChI=1S/C21H30N6O3S/c1-4-27(5-2)31(29,30)17-7-8-19-18(15-17)24-20(25(19)3)9-10-21(28)23-11-6-13-26-14-12-22-16-26/h7-8,12,14-16H,4-6,9-11,13H2,1-3H3,(H,23,28). The van der Waals surface area contributed by atoms with Gasteiger partial charge in [-0.1, -0.05) is 13.8 Å². The molecule has 0 saturated carbocycles. The Morgan fingerprint density at radius 3 is 2.68 bits per heavy atom. The van der Waals surface area contributed by atoms with Gasteiger partial charge in [0, 0.05) is 58.5 Å². The van der Waals surface area contributed by atoms with E-state index in [4.69, 9.17) is 0 Å². The van der Waals surface area contributed by atoms with Crippen molar-refractivity contribution in [3.05, 3.63) is 42.7 Å². The van der Waals surface area contributed by atoms with E-state index in [1.165, 1.54) is 4.31 Å². The molecule has 10 heteroatoms. The molecule has 0 spiro atoms. The van der Waals surface area contributed by atoms with E-state index < -0.39 is 10.0 Å². The molecular formula is C21H30N6O3S. The fourth-order valence-corrected chi connectivity index (χ4v) is 5.03. The largest absolute Gasteiger partial charge is 0.356 e. The number of nitrogens with one attached hydrogen (secondary N) is 1. The van der Waals surface area contributed by atoms with Crippen molar-refractivity contribution in [2.24, 2.45) is 7.05 Å². The molecule has 0 saturated heterocycles. The van der Waals surface area contributed by atoms with Crippen LogP contribution in [0.4, 0.5) is 0 Å². The summed E-state index contributed by atoms with van der Waals surface area (Å²) < 4.78 is 30.9. The van der Waals surface area contributed by atoms with Crippen LogP contribution in [0.1, 0.15) is 32.5 Å². The molecule has 3 rings (SSSR count). The molecule has 0 bridgehead atoms. The summed E-state index contributed by atoms with van der Waals surface area (Å²) >= 11 is 0. The van der Waals surface area contributed by atoms with Gasteiger partial charge in [0.25, 0.3) is 0 Å². The summed E-state index contributed by atoms with van der Waals surface area (Å²) in [6.07, 6.45) is 7.03. The minimum atomic E-state index is -3.54. The zero-order valence-corrected chi connectivity index (χ0v) is 19.1. The van der Waals surface area contributed by atoms with E-state index in [0.717, 1.165) is 24.3 Å². The van der Waals surface area contributed by atoms with Crippen molar-refractivity contribution >= 4 is 27.0 Å². The smallest absolute Gasteiger partial charge is 0.243 e. The minimum Gasteiger partial charge on any atom is -0.356 e. The van der Waals surface area contributed by atoms with Gasteiger partial charge in [0.1, 0.15) is 5.82 Å². The van der Waals surface area contributed by atoms with Gasteiger partial charge in [0.2, 0.25) is 15.9 Å². The number of nitrogens with zero attached hydrogens (tertiary/aromatic N) is 5. The highest BCUT2D eigenvalue weighted by Gasteiger charge is 2.22. The fraction of sp³-hybridized carbons (Fsp3) is 0.476. The molecule has 0 fully saturated rings. The third kappa shape index (κ3) is 5.31. The van der Waals surface area contributed by atoms with Crippen LogP contribution in [0.5, 0.6) is 0 Å². The molecule has 2 aromatic heterocycles. The lowest BCUT2D eigenvalue weighted by molar-refractivity contribution is -0.121. The number of imidazole rings is 2. The van der Waals surface area contributed by atoms with Gasteiger partial charge in [0.15, 0.2) is 0 Å². The zero-order chi connectivity index (χ0) is 22.4. The molecule has 0 atom stereocenters. The number of carbonyl (C=O) groups excluding carboxylic acids is 1. The zero-order valence-electron chi connectivity index (χ0n) is 18.3. The van der Waals surface area contributed by atoms with Gasteiger partial charge in [-0.05, 0) is 24.6 Å². The second-order valence-electron chi connectivity index (χ2n) is 7.33. The molecule has 1 aromatic carbocycles. The number of fused-ring (bicyclic) bond motifs is 1. The maximum Gasteiger partial charge on any atom is 0.243 e. The maximum absolute atomic E-state index is 12.8. The molecule has 2 heterocycles. The molecular weight excluding hydrogens is 416 g/mol. The lowest BCUT2D eigenvalue weighted by Crippen LogP contribution is -2.30. The SMILES string of the molecule is CCN(CC)S(=O)(=O)c1ccc2c(c1)nc(CCC(=O)NCCCn1ccnc1)n2C. The highest BCUT2D eigenvalue weighted by Crippen LogP contribution is 2.22. The summed E-state index contributed by atoms with van der Waals surface area (Å²) in [6, 6.07) is 5.01. The van der Waals surface area contributed by atoms with Crippen LogP contribution in [0.25, 0.3) is 11.0 Å².